The third-order valence-electron chi connectivity index (χ3n) is 15.7. The van der Waals surface area contributed by atoms with Crippen molar-refractivity contribution in [2.45, 2.75) is 51.2 Å². The molecule has 4 saturated heterocycles. The minimum atomic E-state index is -0.553. The Morgan fingerprint density at radius 1 is 0.593 bits per heavy atom. The molecule has 0 atom stereocenters. The lowest BCUT2D eigenvalue weighted by Crippen LogP contribution is -2.56. The Bertz CT molecular complexity index is 3500. The van der Waals surface area contributed by atoms with Crippen LogP contribution in [0.25, 0.3) is 44.8 Å². The van der Waals surface area contributed by atoms with E-state index in [2.05, 4.69) is 60.3 Å². The Balaban J connectivity index is 0.831. The number of benzene rings is 4. The summed E-state index contributed by atoms with van der Waals surface area (Å²) in [5.41, 5.74) is 5.42. The first kappa shape index (κ1) is 53.1. The predicted octanol–water partition coefficient (Wildman–Crippen LogP) is 7.72. The highest BCUT2D eigenvalue weighted by atomic mass is 19.1. The first-order valence-corrected chi connectivity index (χ1v) is 28.0. The van der Waals surface area contributed by atoms with Gasteiger partial charge in [0.1, 0.15) is 17.5 Å². The topological polar surface area (TPSA) is 200 Å². The molecular formula is C59H65FN16O5. The van der Waals surface area contributed by atoms with Crippen LogP contribution < -0.4 is 30.5 Å². The van der Waals surface area contributed by atoms with Gasteiger partial charge in [-0.2, -0.15) is 20.2 Å². The van der Waals surface area contributed by atoms with Crippen LogP contribution >= 0.6 is 0 Å². The maximum absolute atomic E-state index is 14.3. The molecule has 12 rings (SSSR count). The second-order valence-corrected chi connectivity index (χ2v) is 20.7. The molecule has 418 valence electrons. The number of urea groups is 2. The lowest BCUT2D eigenvalue weighted by molar-refractivity contribution is 0.0691. The van der Waals surface area contributed by atoms with Gasteiger partial charge in [0, 0.05) is 89.2 Å². The lowest BCUT2D eigenvalue weighted by Gasteiger charge is -2.34. The normalized spacial score (nSPS) is 16.7. The molecule has 22 heteroatoms. The number of piperidine rings is 2. The van der Waals surface area contributed by atoms with E-state index in [0.29, 0.717) is 125 Å². The summed E-state index contributed by atoms with van der Waals surface area (Å²) in [6, 6.07) is 29.8. The van der Waals surface area contributed by atoms with Gasteiger partial charge in [-0.3, -0.25) is 9.69 Å². The fourth-order valence-corrected chi connectivity index (χ4v) is 11.4. The fraction of sp³-hybridized carbons (Fsp3) is 0.373. The number of aromatic nitrogens is 8. The average Bonchev–Trinajstić information content (AvgIpc) is 4.18. The SMILES string of the molecule is CCNC(=O)N(c1ccc(-c2nc(N3CCOCC3)c3cnn(C4CCN(Cc5ccccc5)CC4)c3n2)cc1)N(C(=O)NC)c1ccc(-c2nc(N3CCOCC3)c3cnn(C4CCN(C(=O)c5ccc(F)cc5)CC4)c3n2)cc1. The van der Waals surface area contributed by atoms with E-state index < -0.39 is 12.1 Å². The Hall–Kier alpha value is -8.60. The summed E-state index contributed by atoms with van der Waals surface area (Å²) in [5, 5.41) is 19.8. The van der Waals surface area contributed by atoms with Crippen molar-refractivity contribution >= 4 is 63.0 Å². The second kappa shape index (κ2) is 23.6. The van der Waals surface area contributed by atoms with E-state index in [1.54, 1.807) is 29.2 Å². The predicted molar refractivity (Wildman–Crippen MR) is 307 cm³/mol. The third kappa shape index (κ3) is 11.1. The summed E-state index contributed by atoms with van der Waals surface area (Å²) in [5.74, 6) is 1.99. The van der Waals surface area contributed by atoms with Gasteiger partial charge in [-0.25, -0.2) is 43.3 Å². The molecule has 0 radical (unpaired) electrons. The van der Waals surface area contributed by atoms with Crippen LogP contribution in [0, 0.1) is 5.82 Å². The van der Waals surface area contributed by atoms with Crippen LogP contribution in [-0.2, 0) is 16.0 Å². The smallest absolute Gasteiger partial charge is 0.341 e. The molecule has 4 fully saturated rings. The van der Waals surface area contributed by atoms with Gasteiger partial charge in [0.2, 0.25) is 0 Å². The van der Waals surface area contributed by atoms with Crippen LogP contribution in [-0.4, -0.2) is 160 Å². The quantitative estimate of drug-likeness (QED) is 0.113. The van der Waals surface area contributed by atoms with Gasteiger partial charge in [-0.1, -0.05) is 30.3 Å². The zero-order valence-electron chi connectivity index (χ0n) is 45.5. The number of hydrogen-bond acceptors (Lipinski definition) is 14. The number of morpholine rings is 2. The Kier molecular flexibility index (Phi) is 15.5. The Labute approximate surface area is 468 Å². The van der Waals surface area contributed by atoms with Crippen molar-refractivity contribution in [2.24, 2.45) is 0 Å². The van der Waals surface area contributed by atoms with Gasteiger partial charge < -0.3 is 34.8 Å². The molecule has 0 spiro atoms. The molecule has 5 amide bonds. The Morgan fingerprint density at radius 3 is 1.56 bits per heavy atom. The summed E-state index contributed by atoms with van der Waals surface area (Å²) < 4.78 is 29.1. The van der Waals surface area contributed by atoms with Crippen molar-refractivity contribution in [1.82, 2.24) is 59.9 Å². The molecule has 8 heterocycles. The fourth-order valence-electron chi connectivity index (χ4n) is 11.4. The summed E-state index contributed by atoms with van der Waals surface area (Å²) in [4.78, 5) is 71.2. The first-order valence-electron chi connectivity index (χ1n) is 28.0. The van der Waals surface area contributed by atoms with Crippen molar-refractivity contribution in [3.63, 3.8) is 0 Å². The van der Waals surface area contributed by atoms with Crippen LogP contribution in [0.3, 0.4) is 0 Å². The van der Waals surface area contributed by atoms with Gasteiger partial charge >= 0.3 is 12.1 Å². The first-order chi connectivity index (χ1) is 39.7. The van der Waals surface area contributed by atoms with E-state index >= 15 is 0 Å². The van der Waals surface area contributed by atoms with Gasteiger partial charge in [-0.15, -0.1) is 0 Å². The molecule has 8 aromatic rings. The molecule has 0 unspecified atom stereocenters. The zero-order valence-corrected chi connectivity index (χ0v) is 45.5. The van der Waals surface area contributed by atoms with Crippen LogP contribution in [0.2, 0.25) is 0 Å². The molecule has 21 nitrogen and oxygen atoms in total. The average molecular weight is 1100 g/mol. The third-order valence-corrected chi connectivity index (χ3v) is 15.7. The summed E-state index contributed by atoms with van der Waals surface area (Å²) in [6.45, 7) is 10.8. The molecule has 4 aliphatic rings. The Morgan fingerprint density at radius 2 is 1.07 bits per heavy atom. The highest BCUT2D eigenvalue weighted by Crippen LogP contribution is 2.36. The van der Waals surface area contributed by atoms with E-state index in [4.69, 9.17) is 39.6 Å². The van der Waals surface area contributed by atoms with Crippen LogP contribution in [0.4, 0.5) is 37.0 Å². The molecule has 81 heavy (non-hydrogen) atoms. The molecule has 0 aliphatic carbocycles. The van der Waals surface area contributed by atoms with E-state index in [1.165, 1.54) is 46.9 Å². The number of rotatable bonds is 12. The van der Waals surface area contributed by atoms with Crippen LogP contribution in [0.1, 0.15) is 60.6 Å². The maximum Gasteiger partial charge on any atom is 0.341 e. The van der Waals surface area contributed by atoms with E-state index in [-0.39, 0.29) is 23.8 Å². The number of carbonyl (C=O) groups is 3. The molecule has 4 aliphatic heterocycles. The summed E-state index contributed by atoms with van der Waals surface area (Å²) in [6.07, 6.45) is 6.87. The number of ether oxygens (including phenoxy) is 2. The van der Waals surface area contributed by atoms with Crippen LogP contribution in [0.15, 0.2) is 116 Å². The van der Waals surface area contributed by atoms with Gasteiger partial charge in [0.15, 0.2) is 22.9 Å². The number of anilines is 4. The highest BCUT2D eigenvalue weighted by molar-refractivity contribution is 6.05. The minimum absolute atomic E-state index is 0.0457. The number of nitrogens with zero attached hydrogens (tertiary/aromatic N) is 14. The number of likely N-dealkylation sites (tertiary alicyclic amines) is 2. The number of fused-ring (bicyclic) bond motifs is 2. The highest BCUT2D eigenvalue weighted by Gasteiger charge is 2.32. The molecule has 4 aromatic carbocycles. The molecule has 0 saturated carbocycles. The van der Waals surface area contributed by atoms with Gasteiger partial charge in [-0.05, 0) is 111 Å². The largest absolute Gasteiger partial charge is 0.378 e. The number of halogens is 1. The summed E-state index contributed by atoms with van der Waals surface area (Å²) >= 11 is 0. The number of carbonyl (C=O) groups excluding carboxylic acids is 3. The van der Waals surface area contributed by atoms with Crippen molar-refractivity contribution < 1.29 is 28.2 Å². The molecular weight excluding hydrogens is 1030 g/mol. The number of nitrogens with one attached hydrogen (secondary N) is 2. The number of hydrogen-bond donors (Lipinski definition) is 2. The van der Waals surface area contributed by atoms with Crippen molar-refractivity contribution in [3.05, 3.63) is 132 Å². The van der Waals surface area contributed by atoms with Crippen molar-refractivity contribution in [1.29, 1.82) is 0 Å². The number of hydrazine groups is 1. The molecule has 0 bridgehead atoms. The van der Waals surface area contributed by atoms with Gasteiger partial charge in [0.25, 0.3) is 5.91 Å². The zero-order chi connectivity index (χ0) is 55.4. The molecule has 4 aromatic heterocycles. The van der Waals surface area contributed by atoms with Crippen molar-refractivity contribution in [2.75, 3.05) is 112 Å². The molecule has 2 N–H and O–H groups in total. The van der Waals surface area contributed by atoms with Gasteiger partial charge in [0.05, 0.1) is 73.1 Å². The second-order valence-electron chi connectivity index (χ2n) is 20.7. The minimum Gasteiger partial charge on any atom is -0.378 e. The van der Waals surface area contributed by atoms with E-state index in [1.807, 2.05) is 48.3 Å². The maximum atomic E-state index is 14.3. The van der Waals surface area contributed by atoms with E-state index in [0.717, 1.165) is 66.1 Å². The number of amides is 5. The van der Waals surface area contributed by atoms with E-state index in [9.17, 15) is 18.8 Å². The summed E-state index contributed by atoms with van der Waals surface area (Å²) in [7, 11) is 1.52. The standard InChI is InChI=1S/C59H65FN16O5/c1-3-62-59(79)76(48-19-13-42(14-20-48)52-66-53(70-29-33-80-34-30-70)49-37-63-73(55(49)67-52)45-21-25-69(26-22-45)39-40-7-5-4-6-8-40)75(58(78)61-2)47-17-11-41(12-18-47)51-65-54(71-31-35-81-36-32-71)50-38-64-74(56(50)68-51)46-23-27-72(28-24-46)57(77)43-9-15-44(60)16-10-43/h4-20,37-38,45-46H,3,21-36,39H2,1-2H3,(H,61,78)(H,62,79). The monoisotopic (exact) mass is 1100 g/mol. The van der Waals surface area contributed by atoms with Crippen molar-refractivity contribution in [3.8, 4) is 22.8 Å². The lowest BCUT2D eigenvalue weighted by atomic mass is 10.0. The van der Waals surface area contributed by atoms with Crippen LogP contribution in [0.5, 0.6) is 0 Å².